The van der Waals surface area contributed by atoms with E-state index in [4.69, 9.17) is 0 Å². The second-order valence-electron chi connectivity index (χ2n) is 10.1. The topological polar surface area (TPSA) is 66.5 Å². The minimum atomic E-state index is -6.16. The summed E-state index contributed by atoms with van der Waals surface area (Å²) in [4.78, 5) is 12.9. The third kappa shape index (κ3) is 4.72. The number of benzene rings is 1. The molecule has 0 radical (unpaired) electrons. The third-order valence-corrected chi connectivity index (χ3v) is 9.18. The third-order valence-electron chi connectivity index (χ3n) is 7.91. The van der Waals surface area contributed by atoms with Crippen LogP contribution in [0.5, 0.6) is 0 Å². The summed E-state index contributed by atoms with van der Waals surface area (Å²) in [6.45, 7) is 1.05. The fraction of sp³-hybridized carbons (Fsp3) is 0.696. The van der Waals surface area contributed by atoms with Crippen LogP contribution in [0.4, 0.5) is 30.7 Å². The maximum absolute atomic E-state index is 14.5. The number of rotatable bonds is 5. The number of halogens is 7. The lowest BCUT2D eigenvalue weighted by Crippen LogP contribution is -2.50. The molecule has 4 rings (SSSR count). The first kappa shape index (κ1) is 27.2. The lowest BCUT2D eigenvalue weighted by Gasteiger charge is -2.34. The standard InChI is InChI=1S/C23H27F7N2O3S/c1-36(34,35)32-9-8-13(12-32)11-31-20(33)19-7-6-17-16-5-3-15(10-14(16)2-4-18(17)19)21(24,22(25,26)27)23(28,29)30/h3,5,10,13,17-19H,2,4,6-9,11-12H2,1H3,(H,31,33)/t13?,17-,18+,19+/m0/s1. The number of carbonyl (C=O) groups is 1. The highest BCUT2D eigenvalue weighted by Crippen LogP contribution is 2.55. The zero-order chi connectivity index (χ0) is 26.7. The van der Waals surface area contributed by atoms with E-state index in [2.05, 4.69) is 5.32 Å². The SMILES string of the molecule is CS(=O)(=O)N1CCC(CNC(=O)[C@@H]2CC[C@H]3c4ccc(C(F)(C(F)(F)F)C(F)(F)F)cc4CC[C@@H]23)C1. The first-order valence-electron chi connectivity index (χ1n) is 11.7. The first-order chi connectivity index (χ1) is 16.5. The van der Waals surface area contributed by atoms with Crippen LogP contribution in [-0.4, -0.2) is 56.9 Å². The van der Waals surface area contributed by atoms with E-state index < -0.39 is 33.6 Å². The van der Waals surface area contributed by atoms with Crippen LogP contribution < -0.4 is 5.32 Å². The van der Waals surface area contributed by atoms with Crippen molar-refractivity contribution < 1.29 is 43.9 Å². The van der Waals surface area contributed by atoms with E-state index in [1.807, 2.05) is 0 Å². The van der Waals surface area contributed by atoms with E-state index in [9.17, 15) is 43.9 Å². The van der Waals surface area contributed by atoms with E-state index in [0.29, 0.717) is 63.0 Å². The Hall–Kier alpha value is -1.89. The van der Waals surface area contributed by atoms with E-state index in [0.717, 1.165) is 12.3 Å². The van der Waals surface area contributed by atoms with Gasteiger partial charge < -0.3 is 5.32 Å². The highest BCUT2D eigenvalue weighted by molar-refractivity contribution is 7.88. The first-order valence-corrected chi connectivity index (χ1v) is 13.6. The molecule has 1 aromatic carbocycles. The second kappa shape index (κ2) is 9.14. The molecule has 1 unspecified atom stereocenters. The van der Waals surface area contributed by atoms with Gasteiger partial charge in [0, 0.05) is 31.1 Å². The van der Waals surface area contributed by atoms with Crippen LogP contribution in [0.15, 0.2) is 18.2 Å². The van der Waals surface area contributed by atoms with Crippen LogP contribution in [0.25, 0.3) is 0 Å². The minimum absolute atomic E-state index is 0.00499. The molecule has 5 nitrogen and oxygen atoms in total. The maximum Gasteiger partial charge on any atom is 0.435 e. The molecule has 4 atom stereocenters. The molecular weight excluding hydrogens is 517 g/mol. The minimum Gasteiger partial charge on any atom is -0.356 e. The van der Waals surface area contributed by atoms with E-state index in [1.54, 1.807) is 0 Å². The van der Waals surface area contributed by atoms with Crippen LogP contribution >= 0.6 is 0 Å². The van der Waals surface area contributed by atoms with Gasteiger partial charge in [0.1, 0.15) is 0 Å². The number of aryl methyl sites for hydroxylation is 1. The number of fused-ring (bicyclic) bond motifs is 3. The Balaban J connectivity index is 1.45. The van der Waals surface area contributed by atoms with Gasteiger partial charge in [-0.1, -0.05) is 18.2 Å². The van der Waals surface area contributed by atoms with Crippen molar-refractivity contribution in [1.82, 2.24) is 9.62 Å². The molecule has 0 spiro atoms. The monoisotopic (exact) mass is 544 g/mol. The molecule has 0 bridgehead atoms. The number of alkyl halides is 7. The molecule has 1 heterocycles. The van der Waals surface area contributed by atoms with Gasteiger partial charge in [-0.2, -0.15) is 26.3 Å². The van der Waals surface area contributed by atoms with Gasteiger partial charge in [-0.25, -0.2) is 17.1 Å². The van der Waals surface area contributed by atoms with Gasteiger partial charge in [-0.3, -0.25) is 4.79 Å². The van der Waals surface area contributed by atoms with Crippen molar-refractivity contribution in [2.24, 2.45) is 17.8 Å². The molecule has 1 saturated carbocycles. The van der Waals surface area contributed by atoms with Crippen molar-refractivity contribution in [3.05, 3.63) is 34.9 Å². The Morgan fingerprint density at radius 2 is 1.69 bits per heavy atom. The summed E-state index contributed by atoms with van der Waals surface area (Å²) < 4.78 is 118. The predicted octanol–water partition coefficient (Wildman–Crippen LogP) is 4.43. The van der Waals surface area contributed by atoms with Gasteiger partial charge in [0.15, 0.2) is 0 Å². The number of sulfonamides is 1. The average Bonchev–Trinajstić information content (AvgIpc) is 3.42. The van der Waals surface area contributed by atoms with E-state index in [1.165, 1.54) is 4.31 Å². The van der Waals surface area contributed by atoms with Crippen molar-refractivity contribution in [2.45, 2.75) is 56.0 Å². The predicted molar refractivity (Wildman–Crippen MR) is 116 cm³/mol. The van der Waals surface area contributed by atoms with Crippen molar-refractivity contribution in [1.29, 1.82) is 0 Å². The zero-order valence-corrected chi connectivity index (χ0v) is 20.2. The van der Waals surface area contributed by atoms with Crippen LogP contribution in [0.2, 0.25) is 0 Å². The summed E-state index contributed by atoms with van der Waals surface area (Å²) in [5.41, 5.74) is -6.13. The fourth-order valence-electron chi connectivity index (χ4n) is 6.03. The molecule has 202 valence electrons. The Morgan fingerprint density at radius 3 is 2.28 bits per heavy atom. The Morgan fingerprint density at radius 1 is 1.03 bits per heavy atom. The Kier molecular flexibility index (Phi) is 6.89. The van der Waals surface area contributed by atoms with E-state index in [-0.39, 0.29) is 41.6 Å². The zero-order valence-electron chi connectivity index (χ0n) is 19.4. The van der Waals surface area contributed by atoms with Crippen molar-refractivity contribution in [3.63, 3.8) is 0 Å². The average molecular weight is 545 g/mol. The smallest absolute Gasteiger partial charge is 0.356 e. The van der Waals surface area contributed by atoms with Gasteiger partial charge in [0.05, 0.1) is 6.26 Å². The largest absolute Gasteiger partial charge is 0.435 e. The normalized spacial score (nSPS) is 27.6. The molecule has 36 heavy (non-hydrogen) atoms. The summed E-state index contributed by atoms with van der Waals surface area (Å²) in [7, 11) is -3.29. The highest BCUT2D eigenvalue weighted by Gasteiger charge is 2.73. The molecule has 0 aromatic heterocycles. The highest BCUT2D eigenvalue weighted by atomic mass is 32.2. The Bertz CT molecular complexity index is 1110. The molecule has 1 saturated heterocycles. The molecular formula is C23H27F7N2O3S. The Labute approximate surface area is 204 Å². The molecule has 13 heteroatoms. The summed E-state index contributed by atoms with van der Waals surface area (Å²) in [5, 5.41) is 2.90. The molecule has 1 aromatic rings. The summed E-state index contributed by atoms with van der Waals surface area (Å²) >= 11 is 0. The van der Waals surface area contributed by atoms with Crippen LogP contribution in [0.1, 0.15) is 48.3 Å². The van der Waals surface area contributed by atoms with Gasteiger partial charge >= 0.3 is 18.0 Å². The van der Waals surface area contributed by atoms with Crippen LogP contribution in [0.3, 0.4) is 0 Å². The summed E-state index contributed by atoms with van der Waals surface area (Å²) in [6, 6.07) is 2.38. The number of amides is 1. The molecule has 2 aliphatic carbocycles. The number of hydrogen-bond acceptors (Lipinski definition) is 3. The van der Waals surface area contributed by atoms with Gasteiger partial charge in [0.2, 0.25) is 15.9 Å². The summed E-state index contributed by atoms with van der Waals surface area (Å²) in [5.74, 6) is -0.885. The van der Waals surface area contributed by atoms with Crippen molar-refractivity contribution >= 4 is 15.9 Å². The second-order valence-corrected chi connectivity index (χ2v) is 12.1. The quantitative estimate of drug-likeness (QED) is 0.558. The van der Waals surface area contributed by atoms with E-state index >= 15 is 0 Å². The molecule has 1 N–H and O–H groups in total. The lowest BCUT2D eigenvalue weighted by atomic mass is 9.73. The van der Waals surface area contributed by atoms with Crippen LogP contribution in [-0.2, 0) is 26.9 Å². The van der Waals surface area contributed by atoms with Gasteiger partial charge in [-0.15, -0.1) is 0 Å². The van der Waals surface area contributed by atoms with Crippen molar-refractivity contribution in [3.8, 4) is 0 Å². The molecule has 2 fully saturated rings. The molecule has 1 amide bonds. The van der Waals surface area contributed by atoms with Crippen LogP contribution in [0, 0.1) is 17.8 Å². The molecule has 1 aliphatic heterocycles. The van der Waals surface area contributed by atoms with Gasteiger partial charge in [0.25, 0.3) is 0 Å². The molecule has 3 aliphatic rings. The lowest BCUT2D eigenvalue weighted by molar-refractivity contribution is -0.348. The number of carbonyl (C=O) groups excluding carboxylic acids is 1. The number of hydrogen-bond donors (Lipinski definition) is 1. The van der Waals surface area contributed by atoms with Gasteiger partial charge in [-0.05, 0) is 61.0 Å². The maximum atomic E-state index is 14.5. The van der Waals surface area contributed by atoms with Crippen molar-refractivity contribution in [2.75, 3.05) is 25.9 Å². The number of nitrogens with zero attached hydrogens (tertiary/aromatic N) is 1. The fourth-order valence-corrected chi connectivity index (χ4v) is 6.95. The number of nitrogens with one attached hydrogen (secondary N) is 1. The summed E-state index contributed by atoms with van der Waals surface area (Å²) in [6.07, 6.45) is -8.97.